The van der Waals surface area contributed by atoms with Gasteiger partial charge in [0.05, 0.1) is 16.8 Å². The van der Waals surface area contributed by atoms with Gasteiger partial charge in [0.1, 0.15) is 10.6 Å². The average molecular weight is 541 g/mol. The Kier molecular flexibility index (Phi) is 6.70. The zero-order valence-corrected chi connectivity index (χ0v) is 20.8. The molecule has 38 heavy (non-hydrogen) atoms. The van der Waals surface area contributed by atoms with E-state index in [0.29, 0.717) is 24.3 Å². The number of aromatic nitrogens is 1. The number of amides is 1. The Morgan fingerprint density at radius 3 is 2.39 bits per heavy atom. The minimum atomic E-state index is -4.62. The highest BCUT2D eigenvalue weighted by Crippen LogP contribution is 2.34. The second-order valence-electron chi connectivity index (χ2n) is 8.90. The van der Waals surface area contributed by atoms with E-state index >= 15 is 0 Å². The number of hydrogen-bond acceptors (Lipinski definition) is 5. The molecule has 1 aliphatic rings. The number of pyridine rings is 1. The van der Waals surface area contributed by atoms with E-state index in [1.54, 1.807) is 30.3 Å². The molecule has 1 amide bonds. The van der Waals surface area contributed by atoms with Crippen LogP contribution in [0.15, 0.2) is 83.8 Å². The van der Waals surface area contributed by atoms with E-state index < -0.39 is 27.7 Å². The normalized spacial score (nSPS) is 14.0. The van der Waals surface area contributed by atoms with E-state index in [2.05, 4.69) is 15.0 Å². The van der Waals surface area contributed by atoms with Crippen LogP contribution in [0.25, 0.3) is 10.9 Å². The van der Waals surface area contributed by atoms with Crippen LogP contribution in [0.2, 0.25) is 0 Å². The van der Waals surface area contributed by atoms with E-state index in [1.807, 2.05) is 23.1 Å². The predicted octanol–water partition coefficient (Wildman–Crippen LogP) is 5.91. The van der Waals surface area contributed by atoms with Gasteiger partial charge in [-0.25, -0.2) is 13.4 Å². The smallest absolute Gasteiger partial charge is 0.370 e. The van der Waals surface area contributed by atoms with Crippen molar-refractivity contribution in [3.63, 3.8) is 0 Å². The van der Waals surface area contributed by atoms with Gasteiger partial charge >= 0.3 is 6.18 Å². The summed E-state index contributed by atoms with van der Waals surface area (Å²) in [6.07, 6.45) is -2.86. The molecule has 2 N–H and O–H groups in total. The Balaban J connectivity index is 1.47. The minimum Gasteiger partial charge on any atom is -0.370 e. The number of rotatable bonds is 6. The summed E-state index contributed by atoms with van der Waals surface area (Å²) in [5.74, 6) is -0.529. The first kappa shape index (κ1) is 25.5. The Morgan fingerprint density at radius 2 is 1.63 bits per heavy atom. The Labute approximate surface area is 217 Å². The fraction of sp³-hybridized carbons (Fsp3) is 0.185. The summed E-state index contributed by atoms with van der Waals surface area (Å²) in [5, 5.41) is 3.55. The van der Waals surface area contributed by atoms with Crippen LogP contribution >= 0.6 is 0 Å². The first-order valence-electron chi connectivity index (χ1n) is 11.9. The number of benzene rings is 3. The van der Waals surface area contributed by atoms with Crippen LogP contribution in [-0.2, 0) is 16.2 Å². The molecule has 0 unspecified atom stereocenters. The SMILES string of the molecule is O=C(Nc1ccc(N2CCCC2)c(S(=O)(=O)Nc2cccc(C(F)(F)F)c2)c1)c1ccc2ccccc2n1. The lowest BCUT2D eigenvalue weighted by Gasteiger charge is -2.22. The summed E-state index contributed by atoms with van der Waals surface area (Å²) in [4.78, 5) is 19.0. The standard InChI is InChI=1S/C27H23F3N4O3S/c28-27(29,30)19-7-5-8-21(16-19)33-38(36,37)25-17-20(11-13-24(25)34-14-3-4-15-34)31-26(35)23-12-10-18-6-1-2-9-22(18)32-23/h1-2,5-13,16-17,33H,3-4,14-15H2,(H,31,35). The van der Waals surface area contributed by atoms with E-state index in [-0.39, 0.29) is 22.0 Å². The summed E-state index contributed by atoms with van der Waals surface area (Å²) >= 11 is 0. The fourth-order valence-electron chi connectivity index (χ4n) is 4.38. The lowest BCUT2D eigenvalue weighted by Crippen LogP contribution is -2.23. The van der Waals surface area contributed by atoms with Crippen molar-refractivity contribution in [3.8, 4) is 0 Å². The maximum absolute atomic E-state index is 13.5. The Hall–Kier alpha value is -4.12. The number of carbonyl (C=O) groups excluding carboxylic acids is 1. The second-order valence-corrected chi connectivity index (χ2v) is 10.6. The number of nitrogens with one attached hydrogen (secondary N) is 2. The average Bonchev–Trinajstić information content (AvgIpc) is 3.43. The van der Waals surface area contributed by atoms with Gasteiger partial charge in [-0.15, -0.1) is 0 Å². The summed E-state index contributed by atoms with van der Waals surface area (Å²) in [7, 11) is -4.32. The number of anilines is 3. The molecule has 4 aromatic rings. The third kappa shape index (κ3) is 5.42. The maximum Gasteiger partial charge on any atom is 0.416 e. The lowest BCUT2D eigenvalue weighted by molar-refractivity contribution is -0.137. The van der Waals surface area contributed by atoms with E-state index in [4.69, 9.17) is 0 Å². The number of hydrogen-bond donors (Lipinski definition) is 2. The first-order chi connectivity index (χ1) is 18.1. The quantitative estimate of drug-likeness (QED) is 0.318. The maximum atomic E-state index is 13.5. The molecule has 1 fully saturated rings. The molecule has 5 rings (SSSR count). The predicted molar refractivity (Wildman–Crippen MR) is 140 cm³/mol. The van der Waals surface area contributed by atoms with Crippen molar-refractivity contribution >= 4 is 43.9 Å². The third-order valence-electron chi connectivity index (χ3n) is 6.23. The first-order valence-corrected chi connectivity index (χ1v) is 13.3. The fourth-order valence-corrected chi connectivity index (χ4v) is 5.68. The van der Waals surface area contributed by atoms with Crippen LogP contribution in [0.5, 0.6) is 0 Å². The van der Waals surface area contributed by atoms with Gasteiger partial charge in [0.25, 0.3) is 15.9 Å². The van der Waals surface area contributed by atoms with Gasteiger partial charge in [-0.1, -0.05) is 30.3 Å². The van der Waals surface area contributed by atoms with Crippen molar-refractivity contribution < 1.29 is 26.4 Å². The molecule has 2 heterocycles. The minimum absolute atomic E-state index is 0.152. The molecule has 3 aromatic carbocycles. The van der Waals surface area contributed by atoms with Gasteiger partial charge in [0.2, 0.25) is 0 Å². The van der Waals surface area contributed by atoms with Gasteiger partial charge < -0.3 is 10.2 Å². The molecule has 1 aliphatic heterocycles. The van der Waals surface area contributed by atoms with Crippen LogP contribution < -0.4 is 14.9 Å². The second kappa shape index (κ2) is 9.97. The van der Waals surface area contributed by atoms with Gasteiger partial charge in [-0.3, -0.25) is 9.52 Å². The third-order valence-corrected chi connectivity index (χ3v) is 7.64. The van der Waals surface area contributed by atoms with Crippen molar-refractivity contribution in [2.24, 2.45) is 0 Å². The van der Waals surface area contributed by atoms with Crippen molar-refractivity contribution in [2.75, 3.05) is 28.0 Å². The van der Waals surface area contributed by atoms with Crippen molar-refractivity contribution in [3.05, 3.63) is 90.1 Å². The van der Waals surface area contributed by atoms with Crippen LogP contribution in [0.3, 0.4) is 0 Å². The van der Waals surface area contributed by atoms with Crippen molar-refractivity contribution in [2.45, 2.75) is 23.9 Å². The topological polar surface area (TPSA) is 91.4 Å². The molecular formula is C27H23F3N4O3S. The molecular weight excluding hydrogens is 517 g/mol. The summed E-state index contributed by atoms with van der Waals surface area (Å²) in [5.41, 5.74) is 0.210. The number of fused-ring (bicyclic) bond motifs is 1. The number of sulfonamides is 1. The largest absolute Gasteiger partial charge is 0.416 e. The van der Waals surface area contributed by atoms with Gasteiger partial charge in [0.15, 0.2) is 0 Å². The summed E-state index contributed by atoms with van der Waals surface area (Å²) in [6.45, 7) is 1.28. The number of para-hydroxylation sites is 1. The number of alkyl halides is 3. The number of carbonyl (C=O) groups is 1. The highest BCUT2D eigenvalue weighted by Gasteiger charge is 2.31. The lowest BCUT2D eigenvalue weighted by atomic mass is 10.2. The van der Waals surface area contributed by atoms with E-state index in [9.17, 15) is 26.4 Å². The molecule has 0 bridgehead atoms. The van der Waals surface area contributed by atoms with Crippen molar-refractivity contribution in [1.29, 1.82) is 0 Å². The zero-order valence-electron chi connectivity index (χ0n) is 20.0. The molecule has 196 valence electrons. The van der Waals surface area contributed by atoms with Crippen LogP contribution in [0.1, 0.15) is 28.9 Å². The van der Waals surface area contributed by atoms with E-state index in [0.717, 1.165) is 36.4 Å². The summed E-state index contributed by atoms with van der Waals surface area (Å²) < 4.78 is 68.7. The molecule has 0 atom stereocenters. The zero-order chi connectivity index (χ0) is 26.9. The van der Waals surface area contributed by atoms with Crippen molar-refractivity contribution in [1.82, 2.24) is 4.98 Å². The van der Waals surface area contributed by atoms with Gasteiger partial charge in [0, 0.05) is 29.9 Å². The molecule has 0 spiro atoms. The van der Waals surface area contributed by atoms with Crippen LogP contribution in [-0.4, -0.2) is 32.4 Å². The molecule has 0 radical (unpaired) electrons. The Bertz CT molecular complexity index is 1620. The highest BCUT2D eigenvalue weighted by atomic mass is 32.2. The number of nitrogens with zero attached hydrogens (tertiary/aromatic N) is 2. The van der Waals surface area contributed by atoms with Crippen LogP contribution in [0, 0.1) is 0 Å². The number of halogens is 3. The molecule has 11 heteroatoms. The summed E-state index contributed by atoms with van der Waals surface area (Å²) in [6, 6.07) is 19.1. The molecule has 7 nitrogen and oxygen atoms in total. The molecule has 1 aromatic heterocycles. The molecule has 1 saturated heterocycles. The van der Waals surface area contributed by atoms with Crippen LogP contribution in [0.4, 0.5) is 30.2 Å². The van der Waals surface area contributed by atoms with E-state index in [1.165, 1.54) is 12.1 Å². The Morgan fingerprint density at radius 1 is 0.868 bits per heavy atom. The molecule has 0 aliphatic carbocycles. The van der Waals surface area contributed by atoms with Gasteiger partial charge in [-0.2, -0.15) is 13.2 Å². The highest BCUT2D eigenvalue weighted by molar-refractivity contribution is 7.92. The monoisotopic (exact) mass is 540 g/mol. The van der Waals surface area contributed by atoms with Gasteiger partial charge in [-0.05, 0) is 61.4 Å². The molecule has 0 saturated carbocycles.